The molecule has 0 heterocycles. The van der Waals surface area contributed by atoms with E-state index in [0.29, 0.717) is 19.1 Å². The number of aliphatic hydroxyl groups is 2. The van der Waals surface area contributed by atoms with Gasteiger partial charge >= 0.3 is 0 Å². The van der Waals surface area contributed by atoms with E-state index >= 15 is 0 Å². The monoisotopic (exact) mass is 216 g/mol. The molecule has 1 saturated carbocycles. The maximum Gasteiger partial charge on any atom is 0.0897 e. The van der Waals surface area contributed by atoms with Crippen LogP contribution in [0.4, 0.5) is 0 Å². The van der Waals surface area contributed by atoms with Gasteiger partial charge in [-0.3, -0.25) is 4.90 Å². The Bertz CT molecular complexity index is 161. The molecule has 0 spiro atoms. The highest BCUT2D eigenvalue weighted by atomic mass is 16.3. The third kappa shape index (κ3) is 4.47. The first-order valence-corrected chi connectivity index (χ1v) is 6.01. The van der Waals surface area contributed by atoms with Gasteiger partial charge in [-0.2, -0.15) is 0 Å². The van der Waals surface area contributed by atoms with Crippen molar-refractivity contribution in [1.82, 2.24) is 4.90 Å². The van der Waals surface area contributed by atoms with E-state index < -0.39 is 6.10 Å². The highest BCUT2D eigenvalue weighted by molar-refractivity contribution is 4.79. The van der Waals surface area contributed by atoms with Crippen molar-refractivity contribution in [3.8, 4) is 0 Å². The molecule has 1 atom stereocenters. The van der Waals surface area contributed by atoms with Crippen molar-refractivity contribution < 1.29 is 10.2 Å². The van der Waals surface area contributed by atoms with Gasteiger partial charge in [0.1, 0.15) is 0 Å². The molecule has 0 aromatic carbocycles. The number of hydrogen-bond donors (Lipinski definition) is 3. The van der Waals surface area contributed by atoms with E-state index in [2.05, 4.69) is 4.90 Å². The van der Waals surface area contributed by atoms with Crippen LogP contribution in [0.15, 0.2) is 0 Å². The molecule has 15 heavy (non-hydrogen) atoms. The topological polar surface area (TPSA) is 69.7 Å². The summed E-state index contributed by atoms with van der Waals surface area (Å²) in [6, 6.07) is 0.595. The van der Waals surface area contributed by atoms with Crippen LogP contribution in [0.25, 0.3) is 0 Å². The second-order valence-corrected chi connectivity index (χ2v) is 4.41. The van der Waals surface area contributed by atoms with Gasteiger partial charge in [0.05, 0.1) is 12.7 Å². The molecule has 90 valence electrons. The van der Waals surface area contributed by atoms with Crippen molar-refractivity contribution in [2.24, 2.45) is 5.73 Å². The van der Waals surface area contributed by atoms with Gasteiger partial charge < -0.3 is 15.9 Å². The van der Waals surface area contributed by atoms with Crippen LogP contribution in [0.3, 0.4) is 0 Å². The second kappa shape index (κ2) is 7.17. The van der Waals surface area contributed by atoms with Gasteiger partial charge in [-0.25, -0.2) is 0 Å². The van der Waals surface area contributed by atoms with Crippen LogP contribution in [-0.2, 0) is 0 Å². The van der Waals surface area contributed by atoms with E-state index in [1.807, 2.05) is 0 Å². The Morgan fingerprint density at radius 3 is 2.53 bits per heavy atom. The quantitative estimate of drug-likeness (QED) is 0.557. The summed E-state index contributed by atoms with van der Waals surface area (Å²) >= 11 is 0. The van der Waals surface area contributed by atoms with Crippen molar-refractivity contribution in [3.05, 3.63) is 0 Å². The summed E-state index contributed by atoms with van der Waals surface area (Å²) in [6.07, 6.45) is 5.39. The number of rotatable bonds is 7. The first kappa shape index (κ1) is 12.9. The number of nitrogens with zero attached hydrogens (tertiary/aromatic N) is 1. The minimum atomic E-state index is -0.608. The third-order valence-electron chi connectivity index (χ3n) is 3.15. The lowest BCUT2D eigenvalue weighted by molar-refractivity contribution is 0.0448. The first-order chi connectivity index (χ1) is 7.27. The highest BCUT2D eigenvalue weighted by Crippen LogP contribution is 2.23. The standard InChI is InChI=1S/C11H24N2O2/c12-6-3-7-13(8-11(15)9-14)10-4-1-2-5-10/h10-11,14-15H,1-9,12H2. The molecular formula is C11H24N2O2. The van der Waals surface area contributed by atoms with Crippen LogP contribution in [0.1, 0.15) is 32.1 Å². The highest BCUT2D eigenvalue weighted by Gasteiger charge is 2.23. The lowest BCUT2D eigenvalue weighted by atomic mass is 10.2. The van der Waals surface area contributed by atoms with Crippen LogP contribution in [-0.4, -0.2) is 53.5 Å². The van der Waals surface area contributed by atoms with Crippen molar-refractivity contribution >= 4 is 0 Å². The smallest absolute Gasteiger partial charge is 0.0897 e. The van der Waals surface area contributed by atoms with E-state index in [-0.39, 0.29) is 6.61 Å². The van der Waals surface area contributed by atoms with E-state index in [0.717, 1.165) is 13.0 Å². The van der Waals surface area contributed by atoms with Gasteiger partial charge in [0.2, 0.25) is 0 Å². The van der Waals surface area contributed by atoms with Crippen molar-refractivity contribution in [3.63, 3.8) is 0 Å². The first-order valence-electron chi connectivity index (χ1n) is 6.01. The van der Waals surface area contributed by atoms with Gasteiger partial charge in [0, 0.05) is 12.6 Å². The van der Waals surface area contributed by atoms with Crippen molar-refractivity contribution in [1.29, 1.82) is 0 Å². The predicted octanol–water partition coefficient (Wildman–Crippen LogP) is -0.0670. The zero-order valence-corrected chi connectivity index (χ0v) is 9.44. The Morgan fingerprint density at radius 1 is 1.33 bits per heavy atom. The summed E-state index contributed by atoms with van der Waals surface area (Å²) < 4.78 is 0. The fraction of sp³-hybridized carbons (Fsp3) is 1.00. The molecule has 0 bridgehead atoms. The van der Waals surface area contributed by atoms with E-state index in [9.17, 15) is 5.11 Å². The van der Waals surface area contributed by atoms with Gasteiger partial charge in [0.25, 0.3) is 0 Å². The number of aliphatic hydroxyl groups excluding tert-OH is 2. The molecule has 4 heteroatoms. The van der Waals surface area contributed by atoms with Gasteiger partial charge in [-0.05, 0) is 32.4 Å². The second-order valence-electron chi connectivity index (χ2n) is 4.41. The SMILES string of the molecule is NCCCN(CC(O)CO)C1CCCC1. The fourth-order valence-electron chi connectivity index (χ4n) is 2.32. The predicted molar refractivity (Wildman–Crippen MR) is 60.6 cm³/mol. The van der Waals surface area contributed by atoms with E-state index in [1.165, 1.54) is 25.7 Å². The van der Waals surface area contributed by atoms with E-state index in [1.54, 1.807) is 0 Å². The van der Waals surface area contributed by atoms with Crippen LogP contribution in [0.2, 0.25) is 0 Å². The summed E-state index contributed by atoms with van der Waals surface area (Å²) in [4.78, 5) is 2.29. The fourth-order valence-corrected chi connectivity index (χ4v) is 2.32. The molecule has 0 aromatic heterocycles. The van der Waals surface area contributed by atoms with Crippen molar-refractivity contribution in [2.45, 2.75) is 44.2 Å². The van der Waals surface area contributed by atoms with Gasteiger partial charge in [-0.15, -0.1) is 0 Å². The molecule has 1 rings (SSSR count). The summed E-state index contributed by atoms with van der Waals surface area (Å²) in [5, 5.41) is 18.3. The maximum absolute atomic E-state index is 9.47. The zero-order valence-electron chi connectivity index (χ0n) is 9.44. The van der Waals surface area contributed by atoms with Crippen molar-refractivity contribution in [2.75, 3.05) is 26.2 Å². The molecule has 0 aliphatic heterocycles. The lowest BCUT2D eigenvalue weighted by Crippen LogP contribution is -2.41. The molecule has 4 nitrogen and oxygen atoms in total. The summed E-state index contributed by atoms with van der Waals surface area (Å²) in [6.45, 7) is 2.07. The molecule has 4 N–H and O–H groups in total. The molecule has 1 unspecified atom stereocenters. The Morgan fingerprint density at radius 2 is 2.00 bits per heavy atom. The van der Waals surface area contributed by atoms with Crippen LogP contribution < -0.4 is 5.73 Å². The molecule has 0 saturated heterocycles. The lowest BCUT2D eigenvalue weighted by Gasteiger charge is -2.30. The Hall–Kier alpha value is -0.160. The molecule has 0 amide bonds. The normalized spacial score (nSPS) is 20.0. The Balaban J connectivity index is 2.36. The minimum Gasteiger partial charge on any atom is -0.394 e. The summed E-state index contributed by atoms with van der Waals surface area (Å²) in [5.41, 5.74) is 5.50. The summed E-state index contributed by atoms with van der Waals surface area (Å²) in [5.74, 6) is 0. The average Bonchev–Trinajstić information content (AvgIpc) is 2.77. The van der Waals surface area contributed by atoms with Gasteiger partial charge in [-0.1, -0.05) is 12.8 Å². The molecule has 0 radical (unpaired) electrons. The van der Waals surface area contributed by atoms with Gasteiger partial charge in [0.15, 0.2) is 0 Å². The Kier molecular flexibility index (Phi) is 6.17. The number of hydrogen-bond acceptors (Lipinski definition) is 4. The minimum absolute atomic E-state index is 0.147. The maximum atomic E-state index is 9.47. The number of nitrogens with two attached hydrogens (primary N) is 1. The molecule has 1 aliphatic rings. The molecule has 1 fully saturated rings. The Labute approximate surface area is 92.1 Å². The van der Waals surface area contributed by atoms with Crippen LogP contribution >= 0.6 is 0 Å². The average molecular weight is 216 g/mol. The van der Waals surface area contributed by atoms with E-state index in [4.69, 9.17) is 10.8 Å². The third-order valence-corrected chi connectivity index (χ3v) is 3.15. The largest absolute Gasteiger partial charge is 0.394 e. The molecule has 1 aliphatic carbocycles. The van der Waals surface area contributed by atoms with Crippen LogP contribution in [0, 0.1) is 0 Å². The zero-order chi connectivity index (χ0) is 11.1. The molecular weight excluding hydrogens is 192 g/mol. The van der Waals surface area contributed by atoms with Crippen LogP contribution in [0.5, 0.6) is 0 Å². The molecule has 0 aromatic rings. The summed E-state index contributed by atoms with van der Waals surface area (Å²) in [7, 11) is 0.